The summed E-state index contributed by atoms with van der Waals surface area (Å²) in [7, 11) is 0. The van der Waals surface area contributed by atoms with Gasteiger partial charge in [0.15, 0.2) is 0 Å². The van der Waals surface area contributed by atoms with Crippen molar-refractivity contribution < 1.29 is 19.7 Å². The van der Waals surface area contributed by atoms with Crippen molar-refractivity contribution in [3.8, 4) is 0 Å². The molecule has 0 aromatic carbocycles. The molecular formula is C26H42O4. The molecule has 0 aliphatic heterocycles. The molecule has 170 valence electrons. The Labute approximate surface area is 183 Å². The Hall–Kier alpha value is -1.61. The van der Waals surface area contributed by atoms with Crippen molar-refractivity contribution in [2.24, 2.45) is 5.92 Å². The highest BCUT2D eigenvalue weighted by atomic mass is 16.6. The summed E-state index contributed by atoms with van der Waals surface area (Å²) in [5.74, 6) is -2.89. The number of carbonyl (C=O) groups excluding carboxylic acids is 1. The number of ether oxygens (including phenoxy) is 1. The first-order chi connectivity index (χ1) is 14.4. The minimum absolute atomic E-state index is 0.115. The maximum atomic E-state index is 11.7. The lowest BCUT2D eigenvalue weighted by Crippen LogP contribution is -2.40. The van der Waals surface area contributed by atoms with Crippen molar-refractivity contribution in [1.29, 1.82) is 0 Å². The zero-order valence-electron chi connectivity index (χ0n) is 19.5. The van der Waals surface area contributed by atoms with Crippen LogP contribution in [0.25, 0.3) is 0 Å². The van der Waals surface area contributed by atoms with Crippen LogP contribution in [0.1, 0.15) is 98.3 Å². The molecule has 0 unspecified atom stereocenters. The van der Waals surface area contributed by atoms with Crippen LogP contribution in [0.5, 0.6) is 0 Å². The van der Waals surface area contributed by atoms with E-state index in [0.29, 0.717) is 17.9 Å². The Bertz CT molecular complexity index is 648. The number of rotatable bonds is 14. The Kier molecular flexibility index (Phi) is 12.7. The fraction of sp³-hybridized carbons (Fsp3) is 0.692. The van der Waals surface area contributed by atoms with Crippen molar-refractivity contribution in [2.45, 2.75) is 104 Å². The predicted molar refractivity (Wildman–Crippen MR) is 123 cm³/mol. The van der Waals surface area contributed by atoms with Crippen LogP contribution < -0.4 is 0 Å². The highest BCUT2D eigenvalue weighted by Gasteiger charge is 2.35. The zero-order valence-corrected chi connectivity index (χ0v) is 19.5. The number of hydrogen-bond acceptors (Lipinski definition) is 4. The van der Waals surface area contributed by atoms with Gasteiger partial charge in [-0.2, -0.15) is 0 Å². The molecule has 0 fully saturated rings. The lowest BCUT2D eigenvalue weighted by atomic mass is 9.94. The first-order valence-corrected chi connectivity index (χ1v) is 11.8. The van der Waals surface area contributed by atoms with E-state index >= 15 is 0 Å². The van der Waals surface area contributed by atoms with Crippen molar-refractivity contribution in [1.82, 2.24) is 0 Å². The van der Waals surface area contributed by atoms with Crippen molar-refractivity contribution >= 4 is 5.97 Å². The standard InChI is InChI=1S/C26H42O4/c1-5-9-10-11-12-13-16-23-19-18-22(7-3)24(23)17-14-15-21(6-2)20-26(28,29)25(27)30-8-4/h13-14,16,22,28-29H,5-12,17-20H2,1-4H3/t15?,22-/m0/s1. The molecule has 0 aromatic rings. The van der Waals surface area contributed by atoms with Gasteiger partial charge in [0.25, 0.3) is 5.79 Å². The molecule has 0 amide bonds. The highest BCUT2D eigenvalue weighted by Crippen LogP contribution is 2.37. The summed E-state index contributed by atoms with van der Waals surface area (Å²) < 4.78 is 4.74. The lowest BCUT2D eigenvalue weighted by Gasteiger charge is -2.19. The molecule has 4 heteroatoms. The average molecular weight is 419 g/mol. The molecule has 4 nitrogen and oxygen atoms in total. The van der Waals surface area contributed by atoms with Crippen LogP contribution in [-0.4, -0.2) is 28.6 Å². The molecule has 0 aromatic heterocycles. The van der Waals surface area contributed by atoms with Crippen molar-refractivity contribution in [2.75, 3.05) is 6.61 Å². The second-order valence-electron chi connectivity index (χ2n) is 8.17. The van der Waals surface area contributed by atoms with E-state index in [4.69, 9.17) is 4.74 Å². The van der Waals surface area contributed by atoms with E-state index in [2.05, 4.69) is 31.7 Å². The summed E-state index contributed by atoms with van der Waals surface area (Å²) in [6, 6.07) is 0. The largest absolute Gasteiger partial charge is 0.462 e. The molecule has 0 spiro atoms. The summed E-state index contributed by atoms with van der Waals surface area (Å²) in [4.78, 5) is 11.7. The molecule has 30 heavy (non-hydrogen) atoms. The van der Waals surface area contributed by atoms with Gasteiger partial charge in [-0.1, -0.05) is 57.8 Å². The zero-order chi connectivity index (χ0) is 22.4. The fourth-order valence-electron chi connectivity index (χ4n) is 3.98. The summed E-state index contributed by atoms with van der Waals surface area (Å²) in [5.41, 5.74) is 6.85. The van der Waals surface area contributed by atoms with Gasteiger partial charge < -0.3 is 14.9 Å². The van der Waals surface area contributed by atoms with Crippen LogP contribution in [0.2, 0.25) is 0 Å². The Morgan fingerprint density at radius 3 is 2.60 bits per heavy atom. The molecular weight excluding hydrogens is 376 g/mol. The maximum Gasteiger partial charge on any atom is 0.366 e. The van der Waals surface area contributed by atoms with Crippen LogP contribution in [-0.2, 0) is 9.53 Å². The Morgan fingerprint density at radius 1 is 1.20 bits per heavy atom. The normalized spacial score (nSPS) is 16.8. The fourth-order valence-corrected chi connectivity index (χ4v) is 3.98. The predicted octanol–water partition coefficient (Wildman–Crippen LogP) is 6.15. The molecule has 0 saturated carbocycles. The topological polar surface area (TPSA) is 66.8 Å². The minimum Gasteiger partial charge on any atom is -0.462 e. The average Bonchev–Trinajstić information content (AvgIpc) is 3.11. The van der Waals surface area contributed by atoms with E-state index < -0.39 is 11.8 Å². The Morgan fingerprint density at radius 2 is 1.97 bits per heavy atom. The molecule has 1 aliphatic carbocycles. The minimum atomic E-state index is -2.49. The summed E-state index contributed by atoms with van der Waals surface area (Å²) in [6.45, 7) is 8.16. The van der Waals surface area contributed by atoms with Gasteiger partial charge in [0, 0.05) is 6.42 Å². The second-order valence-corrected chi connectivity index (χ2v) is 8.17. The number of esters is 1. The van der Waals surface area contributed by atoms with Crippen LogP contribution in [0.15, 0.2) is 40.7 Å². The molecule has 1 rings (SSSR count). The van der Waals surface area contributed by atoms with Crippen LogP contribution in [0.3, 0.4) is 0 Å². The maximum absolute atomic E-state index is 11.7. The van der Waals surface area contributed by atoms with Crippen molar-refractivity contribution in [3.05, 3.63) is 40.7 Å². The monoisotopic (exact) mass is 418 g/mol. The molecule has 0 bridgehead atoms. The number of allylic oxidation sites excluding steroid dienone is 4. The SMILES string of the molecule is CCCCCCC=CC1=C(CC=C=C(CC)CC(O)(O)C(=O)OCC)[C@@H](CC)CC1. The van der Waals surface area contributed by atoms with Gasteiger partial charge in [0.1, 0.15) is 0 Å². The van der Waals surface area contributed by atoms with Gasteiger partial charge in [-0.05, 0) is 75.0 Å². The van der Waals surface area contributed by atoms with Crippen LogP contribution in [0, 0.1) is 5.92 Å². The summed E-state index contributed by atoms with van der Waals surface area (Å²) >= 11 is 0. The van der Waals surface area contributed by atoms with E-state index in [1.165, 1.54) is 43.3 Å². The van der Waals surface area contributed by atoms with Crippen LogP contribution >= 0.6 is 0 Å². The highest BCUT2D eigenvalue weighted by molar-refractivity contribution is 5.77. The van der Waals surface area contributed by atoms with Crippen molar-refractivity contribution in [3.63, 3.8) is 0 Å². The van der Waals surface area contributed by atoms with Gasteiger partial charge in [-0.3, -0.25) is 0 Å². The third-order valence-electron chi connectivity index (χ3n) is 5.82. The third-order valence-corrected chi connectivity index (χ3v) is 5.82. The third kappa shape index (κ3) is 9.04. The molecule has 0 radical (unpaired) electrons. The molecule has 0 saturated heterocycles. The van der Waals surface area contributed by atoms with E-state index in [1.54, 1.807) is 6.92 Å². The molecule has 1 aliphatic rings. The molecule has 0 heterocycles. The molecule has 2 N–H and O–H groups in total. The van der Waals surface area contributed by atoms with Gasteiger partial charge >= 0.3 is 5.97 Å². The van der Waals surface area contributed by atoms with E-state index in [0.717, 1.165) is 25.7 Å². The number of carbonyl (C=O) groups is 1. The smallest absolute Gasteiger partial charge is 0.366 e. The number of unbranched alkanes of at least 4 members (excludes halogenated alkanes) is 4. The Balaban J connectivity index is 2.84. The van der Waals surface area contributed by atoms with E-state index in [1.807, 2.05) is 13.0 Å². The van der Waals surface area contributed by atoms with Gasteiger partial charge in [0.2, 0.25) is 0 Å². The summed E-state index contributed by atoms with van der Waals surface area (Å²) in [6.07, 6.45) is 17.6. The number of hydrogen-bond donors (Lipinski definition) is 2. The summed E-state index contributed by atoms with van der Waals surface area (Å²) in [5, 5.41) is 20.0. The quantitative estimate of drug-likeness (QED) is 0.154. The lowest BCUT2D eigenvalue weighted by molar-refractivity contribution is -0.208. The first kappa shape index (κ1) is 26.4. The van der Waals surface area contributed by atoms with E-state index in [-0.39, 0.29) is 13.0 Å². The van der Waals surface area contributed by atoms with E-state index in [9.17, 15) is 15.0 Å². The first-order valence-electron chi connectivity index (χ1n) is 11.8. The molecule has 1 atom stereocenters. The van der Waals surface area contributed by atoms with Gasteiger partial charge in [-0.25, -0.2) is 4.79 Å². The number of aliphatic hydroxyl groups is 2. The van der Waals surface area contributed by atoms with Gasteiger partial charge in [-0.15, -0.1) is 5.73 Å². The van der Waals surface area contributed by atoms with Crippen LogP contribution in [0.4, 0.5) is 0 Å². The van der Waals surface area contributed by atoms with Gasteiger partial charge in [0.05, 0.1) is 6.61 Å². The second kappa shape index (κ2) is 14.4.